The standard InChI is InChI=1S/C20H24Cl2N4O2S2/c1-29-11-5-17(24-18(27)15-4-3-14(21)13-16(15)22)19(28)25-7-2-8-26(10-9-25)20-23-6-12-30-20/h3-4,6,12-13,17H,2,5,7-11H2,1H3,(H,24,27). The van der Waals surface area contributed by atoms with Gasteiger partial charge in [0.25, 0.3) is 5.91 Å². The van der Waals surface area contributed by atoms with Crippen LogP contribution in [0, 0.1) is 0 Å². The Bertz CT molecular complexity index is 866. The first-order chi connectivity index (χ1) is 14.5. The van der Waals surface area contributed by atoms with E-state index in [9.17, 15) is 9.59 Å². The van der Waals surface area contributed by atoms with Crippen LogP contribution in [0.25, 0.3) is 0 Å². The molecule has 0 spiro atoms. The maximum Gasteiger partial charge on any atom is 0.253 e. The van der Waals surface area contributed by atoms with Gasteiger partial charge in [-0.2, -0.15) is 11.8 Å². The van der Waals surface area contributed by atoms with Gasteiger partial charge >= 0.3 is 0 Å². The van der Waals surface area contributed by atoms with Crippen molar-refractivity contribution in [2.75, 3.05) is 43.1 Å². The third kappa shape index (κ3) is 6.03. The average molecular weight is 487 g/mol. The predicted octanol–water partition coefficient (Wildman–Crippen LogP) is 4.04. The van der Waals surface area contributed by atoms with Crippen LogP contribution in [0.1, 0.15) is 23.2 Å². The van der Waals surface area contributed by atoms with Crippen molar-refractivity contribution in [3.05, 3.63) is 45.4 Å². The van der Waals surface area contributed by atoms with Gasteiger partial charge in [0, 0.05) is 42.8 Å². The van der Waals surface area contributed by atoms with Crippen LogP contribution < -0.4 is 10.2 Å². The number of hydrogen-bond donors (Lipinski definition) is 1. The van der Waals surface area contributed by atoms with Crippen molar-refractivity contribution in [3.8, 4) is 0 Å². The van der Waals surface area contributed by atoms with Gasteiger partial charge in [0.05, 0.1) is 10.6 Å². The summed E-state index contributed by atoms with van der Waals surface area (Å²) in [6, 6.07) is 4.12. The molecule has 1 aliphatic heterocycles. The number of amides is 2. The van der Waals surface area contributed by atoms with Crippen LogP contribution >= 0.6 is 46.3 Å². The van der Waals surface area contributed by atoms with E-state index in [-0.39, 0.29) is 16.8 Å². The molecular weight excluding hydrogens is 463 g/mol. The molecule has 3 rings (SSSR count). The number of thiazole rings is 1. The highest BCUT2D eigenvalue weighted by Crippen LogP contribution is 2.22. The van der Waals surface area contributed by atoms with Crippen molar-refractivity contribution in [2.24, 2.45) is 0 Å². The summed E-state index contributed by atoms with van der Waals surface area (Å²) in [6.07, 6.45) is 5.20. The summed E-state index contributed by atoms with van der Waals surface area (Å²) in [7, 11) is 0. The maximum atomic E-state index is 13.3. The van der Waals surface area contributed by atoms with E-state index in [1.165, 1.54) is 6.07 Å². The molecule has 1 fully saturated rings. The zero-order valence-electron chi connectivity index (χ0n) is 16.6. The van der Waals surface area contributed by atoms with E-state index >= 15 is 0 Å². The molecule has 1 atom stereocenters. The Morgan fingerprint density at radius 2 is 2.10 bits per heavy atom. The van der Waals surface area contributed by atoms with Crippen LogP contribution in [-0.2, 0) is 4.79 Å². The van der Waals surface area contributed by atoms with Crippen LogP contribution in [0.2, 0.25) is 10.0 Å². The number of carbonyl (C=O) groups excluding carboxylic acids is 2. The molecular formula is C20H24Cl2N4O2S2. The molecule has 1 saturated heterocycles. The van der Waals surface area contributed by atoms with Crippen molar-refractivity contribution in [3.63, 3.8) is 0 Å². The Morgan fingerprint density at radius 3 is 2.80 bits per heavy atom. The van der Waals surface area contributed by atoms with E-state index in [0.29, 0.717) is 30.1 Å². The van der Waals surface area contributed by atoms with Gasteiger partial charge in [-0.3, -0.25) is 9.59 Å². The first-order valence-corrected chi connectivity index (χ1v) is 12.7. The van der Waals surface area contributed by atoms with Gasteiger partial charge in [-0.1, -0.05) is 23.2 Å². The normalized spacial score (nSPS) is 15.6. The van der Waals surface area contributed by atoms with E-state index in [4.69, 9.17) is 23.2 Å². The van der Waals surface area contributed by atoms with Crippen molar-refractivity contribution in [1.82, 2.24) is 15.2 Å². The molecule has 162 valence electrons. The van der Waals surface area contributed by atoms with Crippen molar-refractivity contribution in [1.29, 1.82) is 0 Å². The van der Waals surface area contributed by atoms with Gasteiger partial charge in [0.2, 0.25) is 5.91 Å². The van der Waals surface area contributed by atoms with Crippen LogP contribution in [0.4, 0.5) is 5.13 Å². The smallest absolute Gasteiger partial charge is 0.253 e. The Balaban J connectivity index is 1.67. The lowest BCUT2D eigenvalue weighted by Crippen LogP contribution is -2.49. The summed E-state index contributed by atoms with van der Waals surface area (Å²) in [5.41, 5.74) is 0.314. The fourth-order valence-electron chi connectivity index (χ4n) is 3.32. The number of carbonyl (C=O) groups is 2. The Morgan fingerprint density at radius 1 is 1.27 bits per heavy atom. The molecule has 30 heavy (non-hydrogen) atoms. The summed E-state index contributed by atoms with van der Waals surface area (Å²) in [4.78, 5) is 34.5. The number of nitrogens with zero attached hydrogens (tertiary/aromatic N) is 3. The zero-order valence-corrected chi connectivity index (χ0v) is 19.8. The molecule has 0 aliphatic carbocycles. The highest BCUT2D eigenvalue weighted by Gasteiger charge is 2.28. The second-order valence-electron chi connectivity index (χ2n) is 6.91. The molecule has 1 unspecified atom stereocenters. The molecule has 0 bridgehead atoms. The highest BCUT2D eigenvalue weighted by molar-refractivity contribution is 7.98. The number of rotatable bonds is 7. The van der Waals surface area contributed by atoms with Gasteiger partial charge in [0.1, 0.15) is 6.04 Å². The number of nitrogens with one attached hydrogen (secondary N) is 1. The second kappa shape index (κ2) is 11.2. The second-order valence-corrected chi connectivity index (χ2v) is 9.61. The maximum absolute atomic E-state index is 13.3. The molecule has 1 aromatic carbocycles. The van der Waals surface area contributed by atoms with Gasteiger partial charge in [-0.15, -0.1) is 11.3 Å². The van der Waals surface area contributed by atoms with Gasteiger partial charge in [0.15, 0.2) is 5.13 Å². The highest BCUT2D eigenvalue weighted by atomic mass is 35.5. The predicted molar refractivity (Wildman–Crippen MR) is 126 cm³/mol. The molecule has 2 heterocycles. The monoisotopic (exact) mass is 486 g/mol. The van der Waals surface area contributed by atoms with E-state index in [2.05, 4.69) is 15.2 Å². The van der Waals surface area contributed by atoms with Crippen molar-refractivity contribution in [2.45, 2.75) is 18.9 Å². The minimum Gasteiger partial charge on any atom is -0.346 e. The minimum absolute atomic E-state index is 0.0523. The van der Waals surface area contributed by atoms with Gasteiger partial charge in [-0.05, 0) is 43.0 Å². The number of aromatic nitrogens is 1. The molecule has 2 amide bonds. The quantitative estimate of drug-likeness (QED) is 0.639. The molecule has 0 radical (unpaired) electrons. The van der Waals surface area contributed by atoms with Crippen molar-refractivity contribution < 1.29 is 9.59 Å². The minimum atomic E-state index is -0.594. The average Bonchev–Trinajstić information content (AvgIpc) is 3.15. The van der Waals surface area contributed by atoms with Gasteiger partial charge < -0.3 is 15.1 Å². The Labute approximate surface area is 194 Å². The number of thioether (sulfide) groups is 1. The summed E-state index contributed by atoms with van der Waals surface area (Å²) in [5.74, 6) is 0.350. The lowest BCUT2D eigenvalue weighted by atomic mass is 10.1. The Kier molecular flexibility index (Phi) is 8.68. The lowest BCUT2D eigenvalue weighted by Gasteiger charge is -2.27. The molecule has 1 aromatic heterocycles. The topological polar surface area (TPSA) is 65.5 Å². The Hall–Kier alpha value is -1.48. The van der Waals surface area contributed by atoms with E-state index in [0.717, 1.165) is 30.4 Å². The first-order valence-electron chi connectivity index (χ1n) is 9.67. The third-order valence-corrected chi connectivity index (χ3v) is 6.91. The SMILES string of the molecule is CSCCC(NC(=O)c1ccc(Cl)cc1Cl)C(=O)N1CCCN(c2nccs2)CC1. The summed E-state index contributed by atoms with van der Waals surface area (Å²) >= 11 is 15.3. The van der Waals surface area contributed by atoms with Crippen LogP contribution in [0.3, 0.4) is 0 Å². The molecule has 2 aromatic rings. The number of hydrogen-bond acceptors (Lipinski definition) is 6. The molecule has 0 saturated carbocycles. The third-order valence-electron chi connectivity index (χ3n) is 4.89. The summed E-state index contributed by atoms with van der Waals surface area (Å²) < 4.78 is 0. The molecule has 1 N–H and O–H groups in total. The van der Waals surface area contributed by atoms with Crippen LogP contribution in [0.15, 0.2) is 29.8 Å². The van der Waals surface area contributed by atoms with E-state index in [1.54, 1.807) is 41.4 Å². The lowest BCUT2D eigenvalue weighted by molar-refractivity contribution is -0.133. The largest absolute Gasteiger partial charge is 0.346 e. The number of halogens is 2. The van der Waals surface area contributed by atoms with Crippen LogP contribution in [0.5, 0.6) is 0 Å². The number of benzene rings is 1. The van der Waals surface area contributed by atoms with E-state index < -0.39 is 6.04 Å². The molecule has 6 nitrogen and oxygen atoms in total. The summed E-state index contributed by atoms with van der Waals surface area (Å²) in [6.45, 7) is 2.85. The van der Waals surface area contributed by atoms with Crippen molar-refractivity contribution >= 4 is 63.2 Å². The zero-order chi connectivity index (χ0) is 21.5. The first kappa shape index (κ1) is 23.2. The molecule has 1 aliphatic rings. The molecule has 10 heteroatoms. The van der Waals surface area contributed by atoms with Crippen LogP contribution in [-0.4, -0.2) is 65.9 Å². The fraction of sp³-hybridized carbons (Fsp3) is 0.450. The summed E-state index contributed by atoms with van der Waals surface area (Å²) in [5, 5.41) is 6.56. The van der Waals surface area contributed by atoms with Gasteiger partial charge in [-0.25, -0.2) is 4.98 Å². The fourth-order valence-corrected chi connectivity index (χ4v) is 4.99. The van der Waals surface area contributed by atoms with E-state index in [1.807, 2.05) is 16.5 Å². The number of anilines is 1.